The molecule has 2 rings (SSSR count). The van der Waals surface area contributed by atoms with Gasteiger partial charge in [0.2, 0.25) is 0 Å². The van der Waals surface area contributed by atoms with Crippen LogP contribution in [0.15, 0.2) is 46.9 Å². The molecule has 0 radical (unpaired) electrons. The van der Waals surface area contributed by atoms with Crippen LogP contribution in [0.5, 0.6) is 0 Å². The Kier molecular flexibility index (Phi) is 5.08. The van der Waals surface area contributed by atoms with E-state index in [4.69, 9.17) is 23.2 Å². The lowest BCUT2D eigenvalue weighted by atomic mass is 10.1. The maximum absolute atomic E-state index is 12.4. The van der Waals surface area contributed by atoms with Crippen LogP contribution in [0, 0.1) is 0 Å². The van der Waals surface area contributed by atoms with Crippen molar-refractivity contribution in [3.63, 3.8) is 0 Å². The summed E-state index contributed by atoms with van der Waals surface area (Å²) < 4.78 is 0.974. The van der Waals surface area contributed by atoms with Crippen LogP contribution in [0.3, 0.4) is 0 Å². The lowest BCUT2D eigenvalue weighted by Crippen LogP contribution is -2.26. The summed E-state index contributed by atoms with van der Waals surface area (Å²) in [6.45, 7) is 0.499. The number of hydrogen-bond donors (Lipinski definition) is 0. The molecular formula is C15H12BrCl2NO. The van der Waals surface area contributed by atoms with Crippen molar-refractivity contribution < 1.29 is 4.79 Å². The Morgan fingerprint density at radius 2 is 1.90 bits per heavy atom. The predicted octanol–water partition coefficient (Wildman–Crippen LogP) is 5.03. The van der Waals surface area contributed by atoms with E-state index in [-0.39, 0.29) is 5.91 Å². The zero-order valence-electron chi connectivity index (χ0n) is 10.7. The van der Waals surface area contributed by atoms with Gasteiger partial charge in [-0.3, -0.25) is 4.79 Å². The Labute approximate surface area is 136 Å². The molecule has 0 saturated heterocycles. The zero-order valence-corrected chi connectivity index (χ0v) is 13.8. The fourth-order valence-electron chi connectivity index (χ4n) is 1.82. The summed E-state index contributed by atoms with van der Waals surface area (Å²) in [5, 5.41) is 0.876. The number of amides is 1. The molecule has 0 atom stereocenters. The molecule has 2 aromatic rings. The fraction of sp³-hybridized carbons (Fsp3) is 0.133. The molecule has 0 fully saturated rings. The van der Waals surface area contributed by atoms with E-state index in [0.717, 1.165) is 10.0 Å². The molecule has 0 aromatic heterocycles. The van der Waals surface area contributed by atoms with Gasteiger partial charge in [-0.1, -0.05) is 57.3 Å². The molecule has 0 heterocycles. The van der Waals surface area contributed by atoms with Crippen molar-refractivity contribution in [3.05, 3.63) is 68.1 Å². The number of hydrogen-bond acceptors (Lipinski definition) is 1. The maximum atomic E-state index is 12.4. The van der Waals surface area contributed by atoms with Crippen LogP contribution in [0.4, 0.5) is 0 Å². The summed E-state index contributed by atoms with van der Waals surface area (Å²) in [6, 6.07) is 12.7. The first-order chi connectivity index (χ1) is 9.49. The Balaban J connectivity index is 2.19. The molecule has 20 heavy (non-hydrogen) atoms. The molecule has 2 nitrogen and oxygen atoms in total. The number of carbonyl (C=O) groups excluding carboxylic acids is 1. The Morgan fingerprint density at radius 1 is 1.20 bits per heavy atom. The second kappa shape index (κ2) is 6.61. The first-order valence-corrected chi connectivity index (χ1v) is 7.48. The summed E-state index contributed by atoms with van der Waals surface area (Å²) >= 11 is 15.4. The van der Waals surface area contributed by atoms with Gasteiger partial charge >= 0.3 is 0 Å². The van der Waals surface area contributed by atoms with Gasteiger partial charge in [-0.2, -0.15) is 0 Å². The van der Waals surface area contributed by atoms with E-state index < -0.39 is 0 Å². The second-order valence-electron chi connectivity index (χ2n) is 4.38. The quantitative estimate of drug-likeness (QED) is 0.739. The average molecular weight is 373 g/mol. The number of nitrogens with zero attached hydrogens (tertiary/aromatic N) is 1. The first-order valence-electron chi connectivity index (χ1n) is 5.93. The lowest BCUT2D eigenvalue weighted by molar-refractivity contribution is 0.0785. The predicted molar refractivity (Wildman–Crippen MR) is 86.4 cm³/mol. The summed E-state index contributed by atoms with van der Waals surface area (Å²) in [6.07, 6.45) is 0. The van der Waals surface area contributed by atoms with Gasteiger partial charge in [-0.15, -0.1) is 0 Å². The molecule has 0 aliphatic carbocycles. The van der Waals surface area contributed by atoms with Gasteiger partial charge in [0.15, 0.2) is 0 Å². The van der Waals surface area contributed by atoms with E-state index in [1.165, 1.54) is 0 Å². The topological polar surface area (TPSA) is 20.3 Å². The summed E-state index contributed by atoms with van der Waals surface area (Å²) in [7, 11) is 1.74. The normalized spacial score (nSPS) is 10.4. The lowest BCUT2D eigenvalue weighted by Gasteiger charge is -2.19. The smallest absolute Gasteiger partial charge is 0.255 e. The standard InChI is InChI=1S/C15H12BrCl2NO/c1-19(9-10-4-2-3-5-13(10)16)15(20)12-7-6-11(17)8-14(12)18/h2-8H,9H2,1H3. The number of benzene rings is 2. The van der Waals surface area contributed by atoms with Crippen molar-refractivity contribution in [1.29, 1.82) is 0 Å². The van der Waals surface area contributed by atoms with E-state index in [2.05, 4.69) is 15.9 Å². The molecule has 0 bridgehead atoms. The summed E-state index contributed by atoms with van der Waals surface area (Å²) in [5.41, 5.74) is 1.49. The van der Waals surface area contributed by atoms with Crippen molar-refractivity contribution in [2.45, 2.75) is 6.54 Å². The van der Waals surface area contributed by atoms with E-state index in [1.807, 2.05) is 24.3 Å². The highest BCUT2D eigenvalue weighted by molar-refractivity contribution is 9.10. The summed E-state index contributed by atoms with van der Waals surface area (Å²) in [4.78, 5) is 14.0. The molecule has 5 heteroatoms. The minimum atomic E-state index is -0.137. The Hall–Kier alpha value is -1.03. The van der Waals surface area contributed by atoms with Gasteiger partial charge in [-0.25, -0.2) is 0 Å². The molecule has 0 spiro atoms. The van der Waals surface area contributed by atoms with Crippen LogP contribution in [0.2, 0.25) is 10.0 Å². The molecule has 0 N–H and O–H groups in total. The third-order valence-corrected chi connectivity index (χ3v) is 4.20. The van der Waals surface area contributed by atoms with Crippen LogP contribution in [-0.2, 0) is 6.54 Å². The SMILES string of the molecule is CN(Cc1ccccc1Br)C(=O)c1ccc(Cl)cc1Cl. The maximum Gasteiger partial charge on any atom is 0.255 e. The van der Waals surface area contributed by atoms with Crippen molar-refractivity contribution in [1.82, 2.24) is 4.90 Å². The van der Waals surface area contributed by atoms with Gasteiger partial charge in [-0.05, 0) is 29.8 Å². The molecular weight excluding hydrogens is 361 g/mol. The molecule has 1 amide bonds. The molecule has 0 saturated carbocycles. The number of carbonyl (C=O) groups is 1. The van der Waals surface area contributed by atoms with Crippen LogP contribution < -0.4 is 0 Å². The van der Waals surface area contributed by atoms with Crippen molar-refractivity contribution in [2.75, 3.05) is 7.05 Å². The summed E-state index contributed by atoms with van der Waals surface area (Å²) in [5.74, 6) is -0.137. The fourth-order valence-corrected chi connectivity index (χ4v) is 2.72. The van der Waals surface area contributed by atoms with E-state index in [1.54, 1.807) is 30.1 Å². The number of halogens is 3. The third kappa shape index (κ3) is 3.54. The van der Waals surface area contributed by atoms with Gasteiger partial charge in [0.05, 0.1) is 10.6 Å². The Bertz CT molecular complexity index is 646. The highest BCUT2D eigenvalue weighted by Crippen LogP contribution is 2.23. The van der Waals surface area contributed by atoms with Crippen molar-refractivity contribution in [3.8, 4) is 0 Å². The highest BCUT2D eigenvalue weighted by Gasteiger charge is 2.16. The zero-order chi connectivity index (χ0) is 14.7. The van der Waals surface area contributed by atoms with E-state index in [9.17, 15) is 4.79 Å². The molecule has 104 valence electrons. The largest absolute Gasteiger partial charge is 0.337 e. The highest BCUT2D eigenvalue weighted by atomic mass is 79.9. The first kappa shape index (κ1) is 15.4. The third-order valence-electron chi connectivity index (χ3n) is 2.87. The van der Waals surface area contributed by atoms with Crippen molar-refractivity contribution >= 4 is 45.0 Å². The minimum absolute atomic E-state index is 0.137. The minimum Gasteiger partial charge on any atom is -0.337 e. The van der Waals surface area contributed by atoms with Gasteiger partial charge < -0.3 is 4.90 Å². The van der Waals surface area contributed by atoms with Gasteiger partial charge in [0.1, 0.15) is 0 Å². The van der Waals surface area contributed by atoms with Crippen molar-refractivity contribution in [2.24, 2.45) is 0 Å². The average Bonchev–Trinajstić information content (AvgIpc) is 2.40. The molecule has 0 unspecified atom stereocenters. The van der Waals surface area contributed by atoms with E-state index >= 15 is 0 Å². The molecule has 0 aliphatic rings. The Morgan fingerprint density at radius 3 is 2.55 bits per heavy atom. The van der Waals surface area contributed by atoms with Crippen LogP contribution in [0.1, 0.15) is 15.9 Å². The van der Waals surface area contributed by atoms with Crippen LogP contribution in [0.25, 0.3) is 0 Å². The van der Waals surface area contributed by atoms with Crippen LogP contribution >= 0.6 is 39.1 Å². The van der Waals surface area contributed by atoms with Gasteiger partial charge in [0.25, 0.3) is 5.91 Å². The van der Waals surface area contributed by atoms with Crippen LogP contribution in [-0.4, -0.2) is 17.9 Å². The monoisotopic (exact) mass is 371 g/mol. The number of rotatable bonds is 3. The second-order valence-corrected chi connectivity index (χ2v) is 6.07. The molecule has 2 aromatic carbocycles. The molecule has 0 aliphatic heterocycles. The van der Waals surface area contributed by atoms with Gasteiger partial charge in [0, 0.05) is 23.1 Å². The van der Waals surface area contributed by atoms with E-state index in [0.29, 0.717) is 22.2 Å².